The fourth-order valence-electron chi connectivity index (χ4n) is 5.72. The van der Waals surface area contributed by atoms with Crippen molar-refractivity contribution in [3.63, 3.8) is 0 Å². The van der Waals surface area contributed by atoms with Gasteiger partial charge >= 0.3 is 0 Å². The lowest BCUT2D eigenvalue weighted by atomic mass is 9.83. The molecule has 0 spiro atoms. The van der Waals surface area contributed by atoms with E-state index in [-0.39, 0.29) is 0 Å². The third kappa shape index (κ3) is 4.93. The number of ether oxygens (including phenoxy) is 1. The summed E-state index contributed by atoms with van der Waals surface area (Å²) in [6, 6.07) is 13.4. The van der Waals surface area contributed by atoms with Gasteiger partial charge in [-0.2, -0.15) is 0 Å². The topological polar surface area (TPSA) is 32.0 Å². The van der Waals surface area contributed by atoms with Gasteiger partial charge in [0.15, 0.2) is 5.82 Å². The van der Waals surface area contributed by atoms with Crippen molar-refractivity contribution in [1.29, 1.82) is 0 Å². The summed E-state index contributed by atoms with van der Waals surface area (Å²) in [5.41, 5.74) is 5.21. The molecule has 0 atom stereocenters. The van der Waals surface area contributed by atoms with Crippen LogP contribution in [0.15, 0.2) is 48.0 Å². The van der Waals surface area contributed by atoms with Gasteiger partial charge in [0.2, 0.25) is 0 Å². The van der Waals surface area contributed by atoms with Gasteiger partial charge in [0.1, 0.15) is 5.75 Å². The normalized spacial score (nSPS) is 17.5. The molecule has 4 aromatic rings. The molecule has 3 aromatic heterocycles. The highest BCUT2D eigenvalue weighted by Gasteiger charge is 2.25. The number of fused-ring (bicyclic) bond motifs is 1. The van der Waals surface area contributed by atoms with Gasteiger partial charge in [-0.3, -0.25) is 0 Å². The second-order valence-electron chi connectivity index (χ2n) is 10.5. The Morgan fingerprint density at radius 2 is 1.77 bits per heavy atom. The van der Waals surface area contributed by atoms with Gasteiger partial charge in [-0.1, -0.05) is 31.4 Å². The lowest BCUT2D eigenvalue weighted by Crippen LogP contribution is -2.14. The molecular formula is C30H37N3OS. The summed E-state index contributed by atoms with van der Waals surface area (Å²) in [6.45, 7) is 0.994. The van der Waals surface area contributed by atoms with Gasteiger partial charge in [-0.25, -0.2) is 4.98 Å². The molecule has 4 nitrogen and oxygen atoms in total. The summed E-state index contributed by atoms with van der Waals surface area (Å²) < 4.78 is 12.3. The standard InChI is InChI=1S/C30H37N3OS/c1-32-27-17-19-35-29(27)20-28(32)30-31-26(23-9-6-10-23)21-33(30)18-7-8-22-13-15-25(16-14-22)34-24-11-4-2-3-5-12-24/h13-17,19-21,23-24H,2-12,18H2,1H3. The van der Waals surface area contributed by atoms with Crippen LogP contribution in [0.5, 0.6) is 5.75 Å². The van der Waals surface area contributed by atoms with Crippen LogP contribution in [-0.2, 0) is 20.0 Å². The molecule has 0 saturated heterocycles. The van der Waals surface area contributed by atoms with Gasteiger partial charge in [-0.05, 0) is 86.6 Å². The predicted molar refractivity (Wildman–Crippen MR) is 145 cm³/mol. The van der Waals surface area contributed by atoms with Crippen molar-refractivity contribution in [3.05, 3.63) is 59.2 Å². The van der Waals surface area contributed by atoms with Crippen LogP contribution in [0.3, 0.4) is 0 Å². The Kier molecular flexibility index (Phi) is 6.69. The molecule has 3 heterocycles. The maximum absolute atomic E-state index is 6.29. The average Bonchev–Trinajstić information content (AvgIpc) is 3.46. The van der Waals surface area contributed by atoms with Crippen LogP contribution in [0.25, 0.3) is 21.7 Å². The molecule has 2 aliphatic carbocycles. The van der Waals surface area contributed by atoms with Crippen LogP contribution in [-0.4, -0.2) is 20.2 Å². The Hall–Kier alpha value is -2.53. The van der Waals surface area contributed by atoms with E-state index >= 15 is 0 Å². The van der Waals surface area contributed by atoms with Crippen molar-refractivity contribution in [2.75, 3.05) is 0 Å². The third-order valence-electron chi connectivity index (χ3n) is 8.10. The van der Waals surface area contributed by atoms with Crippen LogP contribution >= 0.6 is 11.3 Å². The zero-order valence-corrected chi connectivity index (χ0v) is 21.7. The maximum Gasteiger partial charge on any atom is 0.157 e. The molecule has 0 amide bonds. The minimum Gasteiger partial charge on any atom is -0.490 e. The number of rotatable bonds is 8. The minimum atomic E-state index is 0.403. The van der Waals surface area contributed by atoms with Crippen molar-refractivity contribution in [2.45, 2.75) is 89.2 Å². The highest BCUT2D eigenvalue weighted by molar-refractivity contribution is 7.17. The molecule has 5 heteroatoms. The Morgan fingerprint density at radius 3 is 2.49 bits per heavy atom. The number of hydrogen-bond acceptors (Lipinski definition) is 3. The van der Waals surface area contributed by atoms with Crippen molar-refractivity contribution in [1.82, 2.24) is 14.1 Å². The number of hydrogen-bond donors (Lipinski definition) is 0. The Morgan fingerprint density at radius 1 is 0.971 bits per heavy atom. The summed E-state index contributed by atoms with van der Waals surface area (Å²) in [5.74, 6) is 2.81. The quantitative estimate of drug-likeness (QED) is 0.235. The lowest BCUT2D eigenvalue weighted by molar-refractivity contribution is 0.183. The highest BCUT2D eigenvalue weighted by Crippen LogP contribution is 2.38. The largest absolute Gasteiger partial charge is 0.490 e. The number of imidazole rings is 1. The van der Waals surface area contributed by atoms with E-state index in [0.29, 0.717) is 12.0 Å². The first-order valence-corrected chi connectivity index (χ1v) is 14.5. The Labute approximate surface area is 213 Å². The van der Waals surface area contributed by atoms with Gasteiger partial charge < -0.3 is 13.9 Å². The van der Waals surface area contributed by atoms with E-state index < -0.39 is 0 Å². The third-order valence-corrected chi connectivity index (χ3v) is 8.96. The summed E-state index contributed by atoms with van der Waals surface area (Å²) in [4.78, 5) is 5.17. The van der Waals surface area contributed by atoms with Crippen molar-refractivity contribution >= 4 is 21.6 Å². The van der Waals surface area contributed by atoms with E-state index in [4.69, 9.17) is 9.72 Å². The molecule has 2 fully saturated rings. The minimum absolute atomic E-state index is 0.403. The molecule has 184 valence electrons. The molecule has 0 bridgehead atoms. The predicted octanol–water partition coefficient (Wildman–Crippen LogP) is 8.11. The molecule has 2 aliphatic rings. The first-order chi connectivity index (χ1) is 17.2. The molecule has 2 saturated carbocycles. The monoisotopic (exact) mass is 487 g/mol. The van der Waals surface area contributed by atoms with Crippen LogP contribution in [0.2, 0.25) is 0 Å². The fraction of sp³-hybridized carbons (Fsp3) is 0.500. The number of aromatic nitrogens is 3. The first kappa shape index (κ1) is 22.9. The first-order valence-electron chi connectivity index (χ1n) is 13.6. The van der Waals surface area contributed by atoms with Crippen molar-refractivity contribution in [3.8, 4) is 17.3 Å². The molecule has 1 aromatic carbocycles. The average molecular weight is 488 g/mol. The Balaban J connectivity index is 1.13. The summed E-state index contributed by atoms with van der Waals surface area (Å²) in [7, 11) is 2.17. The van der Waals surface area contributed by atoms with Crippen LogP contribution < -0.4 is 4.74 Å². The molecule has 0 radical (unpaired) electrons. The zero-order valence-electron chi connectivity index (χ0n) is 20.9. The second-order valence-corrected chi connectivity index (χ2v) is 11.5. The van der Waals surface area contributed by atoms with E-state index in [1.807, 2.05) is 11.3 Å². The molecule has 0 N–H and O–H groups in total. The maximum atomic E-state index is 6.29. The van der Waals surface area contributed by atoms with E-state index in [0.717, 1.165) is 31.0 Å². The van der Waals surface area contributed by atoms with Crippen molar-refractivity contribution < 1.29 is 4.74 Å². The van der Waals surface area contributed by atoms with Crippen molar-refractivity contribution in [2.24, 2.45) is 7.05 Å². The molecular weight excluding hydrogens is 450 g/mol. The summed E-state index contributed by atoms with van der Waals surface area (Å²) in [5, 5.41) is 2.17. The van der Waals surface area contributed by atoms with E-state index in [1.165, 1.54) is 85.0 Å². The van der Waals surface area contributed by atoms with Gasteiger partial charge in [0.25, 0.3) is 0 Å². The van der Waals surface area contributed by atoms with Crippen LogP contribution in [0.1, 0.15) is 81.4 Å². The summed E-state index contributed by atoms with van der Waals surface area (Å²) >= 11 is 1.81. The van der Waals surface area contributed by atoms with Crippen LogP contribution in [0, 0.1) is 0 Å². The number of thiophene rings is 1. The Bertz CT molecular complexity index is 1250. The number of nitrogens with zero attached hydrogens (tertiary/aromatic N) is 3. The van der Waals surface area contributed by atoms with E-state index in [2.05, 4.69) is 64.2 Å². The fourth-order valence-corrected chi connectivity index (χ4v) is 6.57. The SMILES string of the molecule is Cn1c(-c2nc(C3CCC3)cn2CCCc2ccc(OC3CCCCCC3)cc2)cc2sccc21. The zero-order chi connectivity index (χ0) is 23.6. The number of benzene rings is 1. The van der Waals surface area contributed by atoms with Gasteiger partial charge in [0.05, 0.1) is 27.7 Å². The highest BCUT2D eigenvalue weighted by atomic mass is 32.1. The van der Waals surface area contributed by atoms with Gasteiger partial charge in [0, 0.05) is 25.7 Å². The summed E-state index contributed by atoms with van der Waals surface area (Å²) in [6.07, 6.45) is 16.6. The molecule has 35 heavy (non-hydrogen) atoms. The van der Waals surface area contributed by atoms with Gasteiger partial charge in [-0.15, -0.1) is 11.3 Å². The molecule has 6 rings (SSSR count). The van der Waals surface area contributed by atoms with Crippen LogP contribution in [0.4, 0.5) is 0 Å². The van der Waals surface area contributed by atoms with E-state index in [9.17, 15) is 0 Å². The lowest BCUT2D eigenvalue weighted by Gasteiger charge is -2.22. The van der Waals surface area contributed by atoms with E-state index in [1.54, 1.807) is 0 Å². The second kappa shape index (κ2) is 10.2. The smallest absolute Gasteiger partial charge is 0.157 e. The number of aryl methyl sites for hydroxylation is 3. The molecule has 0 aliphatic heterocycles. The molecule has 0 unspecified atom stereocenters.